The minimum absolute atomic E-state index is 0.0259. The summed E-state index contributed by atoms with van der Waals surface area (Å²) in [5.74, 6) is -1.88. The van der Waals surface area contributed by atoms with Crippen LogP contribution in [0.25, 0.3) is 0 Å². The highest BCUT2D eigenvalue weighted by molar-refractivity contribution is 6.17. The van der Waals surface area contributed by atoms with Gasteiger partial charge in [-0.25, -0.2) is 4.79 Å². The van der Waals surface area contributed by atoms with Crippen LogP contribution in [-0.2, 0) is 9.59 Å². The zero-order chi connectivity index (χ0) is 11.5. The highest BCUT2D eigenvalue weighted by Crippen LogP contribution is 2.04. The smallest absolute Gasteiger partial charge is 0.421 e. The van der Waals surface area contributed by atoms with Crippen molar-refractivity contribution in [3.05, 3.63) is 24.3 Å². The van der Waals surface area contributed by atoms with E-state index in [4.69, 9.17) is 5.11 Å². The highest BCUT2D eigenvalue weighted by Gasteiger charge is 2.28. The van der Waals surface area contributed by atoms with Crippen molar-refractivity contribution in [2.24, 2.45) is 0 Å². The lowest BCUT2D eigenvalue weighted by Gasteiger charge is -2.14. The van der Waals surface area contributed by atoms with Crippen LogP contribution < -0.4 is 0 Å². The van der Waals surface area contributed by atoms with E-state index in [1.807, 2.05) is 0 Å². The maximum absolute atomic E-state index is 11.2. The van der Waals surface area contributed by atoms with Gasteiger partial charge in [0.05, 0.1) is 0 Å². The molecule has 0 rings (SSSR count). The van der Waals surface area contributed by atoms with E-state index in [0.717, 1.165) is 0 Å². The summed E-state index contributed by atoms with van der Waals surface area (Å²) in [6.07, 6.45) is -1.63. The lowest BCUT2D eigenvalue weighted by atomic mass is 10.2. The number of hydrogen-bond donors (Lipinski definition) is 1. The quantitative estimate of drug-likeness (QED) is 0.674. The molecule has 0 fully saturated rings. The summed E-state index contributed by atoms with van der Waals surface area (Å²) < 4.78 is 0. The fraction of sp³-hybridized carbons (Fsp3) is 0.222. The van der Waals surface area contributed by atoms with Gasteiger partial charge in [0.2, 0.25) is 0 Å². The van der Waals surface area contributed by atoms with E-state index in [0.29, 0.717) is 0 Å². The van der Waals surface area contributed by atoms with E-state index in [9.17, 15) is 14.4 Å². The molecule has 0 aromatic heterocycles. The standard InChI is InChI=1S/C9H11NO4/c1-5(2)7(11)10(9(13)14)8(12)6(3)4/h1,3H2,2,4H3,(H,13,14). The summed E-state index contributed by atoms with van der Waals surface area (Å²) >= 11 is 0. The molecule has 0 aliphatic rings. The maximum atomic E-state index is 11.2. The summed E-state index contributed by atoms with van der Waals surface area (Å²) in [5, 5.41) is 8.61. The average Bonchev–Trinajstić information content (AvgIpc) is 2.03. The topological polar surface area (TPSA) is 74.7 Å². The van der Waals surface area contributed by atoms with Crippen molar-refractivity contribution in [2.75, 3.05) is 0 Å². The summed E-state index contributed by atoms with van der Waals surface area (Å²) in [4.78, 5) is 33.1. The van der Waals surface area contributed by atoms with Crippen LogP contribution in [0.5, 0.6) is 0 Å². The van der Waals surface area contributed by atoms with Gasteiger partial charge in [-0.05, 0) is 13.8 Å². The summed E-state index contributed by atoms with van der Waals surface area (Å²) in [5.41, 5.74) is -0.0519. The second-order valence-electron chi connectivity index (χ2n) is 2.79. The molecular formula is C9H11NO4. The van der Waals surface area contributed by atoms with E-state index >= 15 is 0 Å². The number of rotatable bonds is 2. The van der Waals surface area contributed by atoms with E-state index < -0.39 is 17.9 Å². The Morgan fingerprint density at radius 2 is 1.29 bits per heavy atom. The first-order chi connectivity index (χ1) is 6.29. The molecule has 1 N–H and O–H groups in total. The molecule has 14 heavy (non-hydrogen) atoms. The number of nitrogens with zero attached hydrogens (tertiary/aromatic N) is 1. The van der Waals surface area contributed by atoms with Gasteiger partial charge in [0.15, 0.2) is 0 Å². The van der Waals surface area contributed by atoms with E-state index in [-0.39, 0.29) is 16.0 Å². The first-order valence-corrected chi connectivity index (χ1v) is 3.71. The minimum atomic E-state index is -1.63. The minimum Gasteiger partial charge on any atom is -0.464 e. The summed E-state index contributed by atoms with van der Waals surface area (Å²) in [6.45, 7) is 9.17. The molecule has 0 heterocycles. The van der Waals surface area contributed by atoms with Crippen LogP contribution in [0, 0.1) is 0 Å². The van der Waals surface area contributed by atoms with Crippen molar-refractivity contribution >= 4 is 17.9 Å². The molecule has 0 unspecified atom stereocenters. The van der Waals surface area contributed by atoms with Crippen LogP contribution >= 0.6 is 0 Å². The van der Waals surface area contributed by atoms with Crippen molar-refractivity contribution in [3.63, 3.8) is 0 Å². The Morgan fingerprint density at radius 3 is 1.43 bits per heavy atom. The lowest BCUT2D eigenvalue weighted by molar-refractivity contribution is -0.137. The monoisotopic (exact) mass is 197 g/mol. The average molecular weight is 197 g/mol. The zero-order valence-electron chi connectivity index (χ0n) is 8.03. The molecule has 76 valence electrons. The van der Waals surface area contributed by atoms with E-state index in [1.165, 1.54) is 13.8 Å². The third-order valence-corrected chi connectivity index (χ3v) is 1.33. The Morgan fingerprint density at radius 1 is 1.00 bits per heavy atom. The number of carbonyl (C=O) groups is 3. The van der Waals surface area contributed by atoms with Crippen molar-refractivity contribution in [1.29, 1.82) is 0 Å². The molecule has 0 aromatic carbocycles. The Balaban J connectivity index is 5.07. The van der Waals surface area contributed by atoms with Gasteiger partial charge in [0.25, 0.3) is 11.8 Å². The van der Waals surface area contributed by atoms with Gasteiger partial charge in [0, 0.05) is 11.1 Å². The van der Waals surface area contributed by atoms with Crippen LogP contribution in [0.15, 0.2) is 24.3 Å². The molecule has 0 aliphatic carbocycles. The number of amides is 3. The fourth-order valence-corrected chi connectivity index (χ4v) is 0.648. The second-order valence-corrected chi connectivity index (χ2v) is 2.79. The maximum Gasteiger partial charge on any atom is 0.421 e. The van der Waals surface area contributed by atoms with Crippen LogP contribution in [0.3, 0.4) is 0 Å². The van der Waals surface area contributed by atoms with Crippen LogP contribution in [0.1, 0.15) is 13.8 Å². The molecule has 0 radical (unpaired) electrons. The molecule has 0 saturated carbocycles. The second kappa shape index (κ2) is 4.36. The molecule has 0 atom stereocenters. The molecule has 3 amide bonds. The predicted octanol–water partition coefficient (Wildman–Crippen LogP) is 1.17. The molecule has 0 aromatic rings. The Labute approximate surface area is 81.3 Å². The van der Waals surface area contributed by atoms with Crippen molar-refractivity contribution in [3.8, 4) is 0 Å². The van der Waals surface area contributed by atoms with Gasteiger partial charge in [-0.2, -0.15) is 4.90 Å². The van der Waals surface area contributed by atoms with Gasteiger partial charge in [-0.3, -0.25) is 9.59 Å². The molecule has 5 nitrogen and oxygen atoms in total. The van der Waals surface area contributed by atoms with Gasteiger partial charge in [-0.15, -0.1) is 0 Å². The number of hydrogen-bond acceptors (Lipinski definition) is 3. The SMILES string of the molecule is C=C(C)C(=O)N(C(=O)O)C(=O)C(=C)C. The van der Waals surface area contributed by atoms with E-state index in [2.05, 4.69) is 13.2 Å². The van der Waals surface area contributed by atoms with Crippen LogP contribution in [0.4, 0.5) is 4.79 Å². The number of carbonyl (C=O) groups excluding carboxylic acids is 2. The number of imide groups is 3. The number of carboxylic acid groups (broad SMARTS) is 1. The highest BCUT2D eigenvalue weighted by atomic mass is 16.4. The van der Waals surface area contributed by atoms with Crippen LogP contribution in [-0.4, -0.2) is 27.9 Å². The molecule has 0 bridgehead atoms. The van der Waals surface area contributed by atoms with Crippen molar-refractivity contribution in [2.45, 2.75) is 13.8 Å². The first kappa shape index (κ1) is 12.1. The Hall–Kier alpha value is -1.91. The fourth-order valence-electron chi connectivity index (χ4n) is 0.648. The Bertz CT molecular complexity index is 304. The zero-order valence-corrected chi connectivity index (χ0v) is 8.03. The summed E-state index contributed by atoms with van der Waals surface area (Å²) in [7, 11) is 0. The van der Waals surface area contributed by atoms with Crippen molar-refractivity contribution < 1.29 is 19.5 Å². The van der Waals surface area contributed by atoms with Crippen molar-refractivity contribution in [1.82, 2.24) is 4.90 Å². The molecule has 5 heteroatoms. The predicted molar refractivity (Wildman–Crippen MR) is 49.5 cm³/mol. The lowest BCUT2D eigenvalue weighted by Crippen LogP contribution is -2.41. The third-order valence-electron chi connectivity index (χ3n) is 1.33. The largest absolute Gasteiger partial charge is 0.464 e. The molecular weight excluding hydrogens is 186 g/mol. The summed E-state index contributed by atoms with van der Waals surface area (Å²) in [6, 6.07) is 0. The molecule has 0 saturated heterocycles. The van der Waals surface area contributed by atoms with Gasteiger partial charge in [0.1, 0.15) is 0 Å². The normalized spacial score (nSPS) is 9.00. The third kappa shape index (κ3) is 2.55. The van der Waals surface area contributed by atoms with Gasteiger partial charge < -0.3 is 5.11 Å². The Kier molecular flexibility index (Phi) is 3.77. The van der Waals surface area contributed by atoms with E-state index in [1.54, 1.807) is 0 Å². The molecule has 0 spiro atoms. The van der Waals surface area contributed by atoms with Gasteiger partial charge in [-0.1, -0.05) is 13.2 Å². The molecule has 0 aliphatic heterocycles. The van der Waals surface area contributed by atoms with Crippen LogP contribution in [0.2, 0.25) is 0 Å². The first-order valence-electron chi connectivity index (χ1n) is 3.71. The van der Waals surface area contributed by atoms with Gasteiger partial charge >= 0.3 is 6.09 Å².